The van der Waals surface area contributed by atoms with Gasteiger partial charge in [-0.3, -0.25) is 14.6 Å². The highest BCUT2D eigenvalue weighted by atomic mass is 16.5. The van der Waals surface area contributed by atoms with E-state index in [9.17, 15) is 10.1 Å². The second kappa shape index (κ2) is 11.6. The van der Waals surface area contributed by atoms with Crippen LogP contribution in [0.3, 0.4) is 0 Å². The number of amides is 1. The van der Waals surface area contributed by atoms with Gasteiger partial charge in [-0.1, -0.05) is 48.5 Å². The average Bonchev–Trinajstić information content (AvgIpc) is 2.93. The van der Waals surface area contributed by atoms with E-state index < -0.39 is 11.6 Å². The summed E-state index contributed by atoms with van der Waals surface area (Å²) >= 11 is 0. The van der Waals surface area contributed by atoms with E-state index in [0.717, 1.165) is 69.3 Å². The quantitative estimate of drug-likeness (QED) is 0.515. The maximum atomic E-state index is 12.7. The van der Waals surface area contributed by atoms with Gasteiger partial charge in [0.1, 0.15) is 6.04 Å². The number of ether oxygens (including phenoxy) is 3. The first-order valence-electron chi connectivity index (χ1n) is 14.4. The molecule has 0 spiro atoms. The fourth-order valence-corrected chi connectivity index (χ4v) is 6.21. The molecule has 4 heterocycles. The zero-order chi connectivity index (χ0) is 27.6. The molecule has 4 fully saturated rings. The van der Waals surface area contributed by atoms with E-state index in [2.05, 4.69) is 57.6 Å². The maximum Gasteiger partial charge on any atom is 0.241 e. The highest BCUT2D eigenvalue weighted by molar-refractivity contribution is 5.86. The minimum absolute atomic E-state index is 0.0336. The Balaban J connectivity index is 1.07. The van der Waals surface area contributed by atoms with Crippen molar-refractivity contribution in [1.82, 2.24) is 15.1 Å². The number of nitriles is 1. The number of carbonyl (C=O) groups excluding carboxylic acids is 1. The Morgan fingerprint density at radius 2 is 1.57 bits per heavy atom. The number of nitrogens with one attached hydrogen (secondary N) is 1. The maximum absolute atomic E-state index is 12.7. The molecule has 0 aromatic heterocycles. The predicted molar refractivity (Wildman–Crippen MR) is 150 cm³/mol. The molecule has 4 saturated heterocycles. The number of nitrogens with zero attached hydrogens (tertiary/aromatic N) is 3. The topological polar surface area (TPSA) is 113 Å². The molecule has 40 heavy (non-hydrogen) atoms. The zero-order valence-electron chi connectivity index (χ0n) is 23.0. The van der Waals surface area contributed by atoms with Crippen molar-refractivity contribution < 1.29 is 19.0 Å². The van der Waals surface area contributed by atoms with Crippen molar-refractivity contribution in [2.45, 2.75) is 42.4 Å². The van der Waals surface area contributed by atoms with Gasteiger partial charge in [-0.2, -0.15) is 5.26 Å². The Bertz CT molecular complexity index is 1210. The highest BCUT2D eigenvalue weighted by Gasteiger charge is 2.47. The van der Waals surface area contributed by atoms with E-state index in [1.807, 2.05) is 12.1 Å². The van der Waals surface area contributed by atoms with E-state index >= 15 is 0 Å². The molecule has 2 aromatic carbocycles. The van der Waals surface area contributed by atoms with Gasteiger partial charge in [-0.25, -0.2) is 0 Å². The van der Waals surface area contributed by atoms with Crippen molar-refractivity contribution in [3.8, 4) is 17.2 Å². The molecule has 9 heteroatoms. The smallest absolute Gasteiger partial charge is 0.241 e. The van der Waals surface area contributed by atoms with E-state index in [0.29, 0.717) is 38.5 Å². The number of nitrogens with two attached hydrogens (primary N) is 1. The molecule has 1 amide bonds. The fourth-order valence-electron chi connectivity index (χ4n) is 6.21. The van der Waals surface area contributed by atoms with Crippen molar-refractivity contribution in [3.63, 3.8) is 0 Å². The Kier molecular flexibility index (Phi) is 7.91. The van der Waals surface area contributed by atoms with Crippen LogP contribution >= 0.6 is 0 Å². The van der Waals surface area contributed by atoms with Gasteiger partial charge in [0.05, 0.1) is 49.6 Å². The normalized spacial score (nSPS) is 23.8. The minimum atomic E-state index is -0.965. The molecule has 3 N–H and O–H groups in total. The first-order valence-corrected chi connectivity index (χ1v) is 14.4. The molecule has 212 valence electrons. The monoisotopic (exact) mass is 545 g/mol. The summed E-state index contributed by atoms with van der Waals surface area (Å²) in [7, 11) is 0. The van der Waals surface area contributed by atoms with Crippen LogP contribution in [0.4, 0.5) is 0 Å². The van der Waals surface area contributed by atoms with Crippen LogP contribution in [0.1, 0.15) is 24.0 Å². The van der Waals surface area contributed by atoms with E-state index in [1.54, 1.807) is 0 Å². The SMILES string of the molecule is N#CC(Cc1ccc(-c2ccc(C3(N4CCN(C5COC5)CC4)COC3)cc2)cc1)NC(=O)C1(N)CCOCC1. The minimum Gasteiger partial charge on any atom is -0.381 e. The van der Waals surface area contributed by atoms with Gasteiger partial charge >= 0.3 is 0 Å². The summed E-state index contributed by atoms with van der Waals surface area (Å²) in [5.41, 5.74) is 9.85. The van der Waals surface area contributed by atoms with Crippen LogP contribution in [0, 0.1) is 11.3 Å². The Morgan fingerprint density at radius 3 is 2.10 bits per heavy atom. The second-order valence-electron chi connectivity index (χ2n) is 11.6. The third-order valence-corrected chi connectivity index (χ3v) is 9.19. The number of piperazine rings is 1. The van der Waals surface area contributed by atoms with Gasteiger partial charge in [0.25, 0.3) is 0 Å². The van der Waals surface area contributed by atoms with E-state index in [4.69, 9.17) is 19.9 Å². The number of hydrogen-bond acceptors (Lipinski definition) is 8. The molecule has 1 atom stereocenters. The lowest BCUT2D eigenvalue weighted by Gasteiger charge is -2.53. The van der Waals surface area contributed by atoms with Crippen LogP contribution in [0.5, 0.6) is 0 Å². The fraction of sp³-hybridized carbons (Fsp3) is 0.548. The van der Waals surface area contributed by atoms with Crippen molar-refractivity contribution in [2.24, 2.45) is 5.73 Å². The first-order chi connectivity index (χ1) is 19.5. The van der Waals surface area contributed by atoms with Crippen LogP contribution in [0.15, 0.2) is 48.5 Å². The summed E-state index contributed by atoms with van der Waals surface area (Å²) in [4.78, 5) is 17.9. The lowest BCUT2D eigenvalue weighted by molar-refractivity contribution is -0.164. The molecule has 0 radical (unpaired) electrons. The van der Waals surface area contributed by atoms with E-state index in [1.165, 1.54) is 5.56 Å². The number of carbonyl (C=O) groups is 1. The Morgan fingerprint density at radius 1 is 0.950 bits per heavy atom. The summed E-state index contributed by atoms with van der Waals surface area (Å²) in [6.07, 6.45) is 1.36. The third-order valence-electron chi connectivity index (χ3n) is 9.19. The molecule has 4 aliphatic rings. The van der Waals surface area contributed by atoms with Gasteiger partial charge < -0.3 is 25.3 Å². The van der Waals surface area contributed by atoms with Gasteiger partial charge in [-0.05, 0) is 35.1 Å². The van der Waals surface area contributed by atoms with Crippen molar-refractivity contribution in [3.05, 3.63) is 59.7 Å². The van der Waals surface area contributed by atoms with Crippen LogP contribution in [0.25, 0.3) is 11.1 Å². The van der Waals surface area contributed by atoms with Crippen LogP contribution < -0.4 is 11.1 Å². The van der Waals surface area contributed by atoms with Gasteiger partial charge in [0.15, 0.2) is 0 Å². The van der Waals surface area contributed by atoms with Crippen LogP contribution in [-0.4, -0.2) is 99.1 Å². The largest absolute Gasteiger partial charge is 0.381 e. The molecule has 0 bridgehead atoms. The van der Waals surface area contributed by atoms with Gasteiger partial charge in [0, 0.05) is 45.8 Å². The molecule has 0 aliphatic carbocycles. The zero-order valence-corrected chi connectivity index (χ0v) is 23.0. The summed E-state index contributed by atoms with van der Waals surface area (Å²) in [5, 5.41) is 12.5. The highest BCUT2D eigenvalue weighted by Crippen LogP contribution is 2.38. The van der Waals surface area contributed by atoms with Crippen LogP contribution in [-0.2, 0) is 31.0 Å². The lowest BCUT2D eigenvalue weighted by Crippen LogP contribution is -2.65. The number of hydrogen-bond donors (Lipinski definition) is 2. The molecular formula is C31H39N5O4. The number of benzene rings is 2. The summed E-state index contributed by atoms with van der Waals surface area (Å²) in [5.74, 6) is -0.275. The van der Waals surface area contributed by atoms with Crippen molar-refractivity contribution >= 4 is 5.91 Å². The molecule has 1 unspecified atom stereocenters. The van der Waals surface area contributed by atoms with E-state index in [-0.39, 0.29) is 11.4 Å². The third kappa shape index (κ3) is 5.40. The summed E-state index contributed by atoms with van der Waals surface area (Å²) in [6, 6.07) is 19.3. The molecule has 6 rings (SSSR count). The first kappa shape index (κ1) is 27.3. The predicted octanol–water partition coefficient (Wildman–Crippen LogP) is 1.65. The summed E-state index contributed by atoms with van der Waals surface area (Å²) < 4.78 is 16.5. The summed E-state index contributed by atoms with van der Waals surface area (Å²) in [6.45, 7) is 8.41. The Labute approximate surface area is 236 Å². The van der Waals surface area contributed by atoms with Gasteiger partial charge in [0.2, 0.25) is 5.91 Å². The molecule has 9 nitrogen and oxygen atoms in total. The van der Waals surface area contributed by atoms with Crippen LogP contribution in [0.2, 0.25) is 0 Å². The Hall–Kier alpha value is -2.84. The average molecular weight is 546 g/mol. The van der Waals surface area contributed by atoms with Crippen molar-refractivity contribution in [2.75, 3.05) is 65.8 Å². The standard InChI is InChI=1S/C31H39N5O4/c32-18-27(34-29(37)30(33)9-15-38-16-10-30)17-23-1-3-24(4-2-23)25-5-7-26(8-6-25)31(21-40-22-31)36-13-11-35(12-14-36)28-19-39-20-28/h1-8,27-28H,9-17,19-22,33H2,(H,34,37). The van der Waals surface area contributed by atoms with Gasteiger partial charge in [-0.15, -0.1) is 0 Å². The molecular weight excluding hydrogens is 506 g/mol. The van der Waals surface area contributed by atoms with Crippen molar-refractivity contribution in [1.29, 1.82) is 5.26 Å². The lowest BCUT2D eigenvalue weighted by atomic mass is 9.84. The molecule has 2 aromatic rings. The number of rotatable bonds is 8. The second-order valence-corrected chi connectivity index (χ2v) is 11.6. The molecule has 4 aliphatic heterocycles. The molecule has 0 saturated carbocycles.